The maximum absolute atomic E-state index is 9.78. The second kappa shape index (κ2) is 5.62. The van der Waals surface area contributed by atoms with Crippen LogP contribution >= 0.6 is 8.25 Å². The zero-order chi connectivity index (χ0) is 7.11. The molecule has 0 aliphatic rings. The molecular weight excluding hydrogens is 145 g/mol. The van der Waals surface area contributed by atoms with Gasteiger partial charge in [-0.2, -0.15) is 0 Å². The molecule has 0 saturated heterocycles. The first-order valence-electron chi connectivity index (χ1n) is 2.22. The summed E-state index contributed by atoms with van der Waals surface area (Å²) < 4.78 is 14.0. The van der Waals surface area contributed by atoms with E-state index in [2.05, 4.69) is 9.68 Å². The summed E-state index contributed by atoms with van der Waals surface area (Å²) in [6.07, 6.45) is 1.51. The average Bonchev–Trinajstić information content (AvgIpc) is 1.80. The molecule has 52 valence electrons. The maximum atomic E-state index is 9.78. The molecule has 9 heavy (non-hydrogen) atoms. The van der Waals surface area contributed by atoms with E-state index in [-0.39, 0.29) is 6.61 Å². The Morgan fingerprint density at radius 1 is 1.78 bits per heavy atom. The molecule has 0 spiro atoms. The number of hydrogen-bond acceptors (Lipinski definition) is 4. The van der Waals surface area contributed by atoms with Crippen LogP contribution in [0.25, 0.3) is 0 Å². The first kappa shape index (κ1) is 8.49. The smallest absolute Gasteiger partial charge is 0.411 e. The van der Waals surface area contributed by atoms with E-state index >= 15 is 0 Å². The van der Waals surface area contributed by atoms with E-state index < -0.39 is 8.25 Å². The van der Waals surface area contributed by atoms with E-state index in [1.54, 1.807) is 0 Å². The first-order chi connectivity index (χ1) is 4.27. The van der Waals surface area contributed by atoms with Gasteiger partial charge in [0.15, 0.2) is 0 Å². The van der Waals surface area contributed by atoms with Gasteiger partial charge in [-0.1, -0.05) is 0 Å². The molecule has 1 unspecified atom stereocenters. The third-order valence-corrected chi connectivity index (χ3v) is 0.934. The Balaban J connectivity index is 3.01. The van der Waals surface area contributed by atoms with Crippen LogP contribution < -0.4 is 0 Å². The van der Waals surface area contributed by atoms with E-state index in [0.717, 1.165) is 0 Å². The predicted molar refractivity (Wildman–Crippen MR) is 30.7 cm³/mol. The summed E-state index contributed by atoms with van der Waals surface area (Å²) in [6.45, 7) is 0.0930. The van der Waals surface area contributed by atoms with Crippen molar-refractivity contribution < 1.29 is 19.2 Å². The summed E-state index contributed by atoms with van der Waals surface area (Å²) in [5, 5.41) is 10.5. The maximum Gasteiger partial charge on any atom is 0.694 e. The molecule has 1 atom stereocenters. The molecule has 6 heteroatoms. The SMILES string of the molecule is O=[P+](O)OCCC=NO. The molecule has 0 aromatic rings. The van der Waals surface area contributed by atoms with Gasteiger partial charge >= 0.3 is 8.25 Å². The summed E-state index contributed by atoms with van der Waals surface area (Å²) in [7, 11) is -2.51. The van der Waals surface area contributed by atoms with E-state index in [0.29, 0.717) is 6.42 Å². The van der Waals surface area contributed by atoms with Gasteiger partial charge in [-0.05, 0) is 0 Å². The van der Waals surface area contributed by atoms with E-state index in [9.17, 15) is 4.57 Å². The molecule has 0 heterocycles. The fraction of sp³-hybridized carbons (Fsp3) is 0.667. The number of nitrogens with zero attached hydrogens (tertiary/aromatic N) is 1. The Hall–Kier alpha value is -0.510. The normalized spacial score (nSPS) is 12.3. The molecular formula is C3H7NO4P+. The lowest BCUT2D eigenvalue weighted by molar-refractivity contribution is 0.286. The zero-order valence-electron chi connectivity index (χ0n) is 4.60. The van der Waals surface area contributed by atoms with E-state index in [1.807, 2.05) is 0 Å². The van der Waals surface area contributed by atoms with Crippen LogP contribution in [0.2, 0.25) is 0 Å². The Morgan fingerprint density at radius 3 is 2.89 bits per heavy atom. The molecule has 0 aromatic carbocycles. The lowest BCUT2D eigenvalue weighted by Crippen LogP contribution is -1.86. The topological polar surface area (TPSA) is 79.1 Å². The molecule has 0 aliphatic heterocycles. The minimum atomic E-state index is -2.51. The third kappa shape index (κ3) is 7.49. The van der Waals surface area contributed by atoms with Gasteiger partial charge in [0, 0.05) is 17.2 Å². The van der Waals surface area contributed by atoms with Gasteiger partial charge < -0.3 is 5.21 Å². The summed E-state index contributed by atoms with van der Waals surface area (Å²) >= 11 is 0. The van der Waals surface area contributed by atoms with Gasteiger partial charge in [0.2, 0.25) is 0 Å². The highest BCUT2D eigenvalue weighted by Crippen LogP contribution is 2.13. The molecule has 0 rings (SSSR count). The van der Waals surface area contributed by atoms with Crippen LogP contribution in [0.4, 0.5) is 0 Å². The summed E-state index contributed by atoms with van der Waals surface area (Å²) in [4.78, 5) is 8.03. The predicted octanol–water partition coefficient (Wildman–Crippen LogP) is 0.503. The Kier molecular flexibility index (Phi) is 5.30. The van der Waals surface area contributed by atoms with E-state index in [1.165, 1.54) is 6.21 Å². The molecule has 0 aliphatic carbocycles. The van der Waals surface area contributed by atoms with Crippen molar-refractivity contribution in [2.24, 2.45) is 5.16 Å². The van der Waals surface area contributed by atoms with Crippen molar-refractivity contribution in [2.75, 3.05) is 6.61 Å². The van der Waals surface area contributed by atoms with Gasteiger partial charge in [0.05, 0.1) is 0 Å². The minimum Gasteiger partial charge on any atom is -0.411 e. The standard InChI is InChI=1S/C3H6NO4P/c5-4-2-1-3-8-9(6)7/h2H,1,3H2,(H-,5,6,7)/p+1. The molecule has 2 N–H and O–H groups in total. The molecule has 0 fully saturated rings. The fourth-order valence-electron chi connectivity index (χ4n) is 0.241. The lowest BCUT2D eigenvalue weighted by atomic mass is 10.5. The van der Waals surface area contributed by atoms with Gasteiger partial charge in [-0.3, -0.25) is 0 Å². The van der Waals surface area contributed by atoms with Crippen LogP contribution in [0, 0.1) is 0 Å². The third-order valence-electron chi connectivity index (χ3n) is 0.530. The first-order valence-corrected chi connectivity index (χ1v) is 3.35. The Morgan fingerprint density at radius 2 is 2.44 bits per heavy atom. The fourth-order valence-corrected chi connectivity index (χ4v) is 0.503. The van der Waals surface area contributed by atoms with Crippen molar-refractivity contribution in [3.05, 3.63) is 0 Å². The highest BCUT2D eigenvalue weighted by atomic mass is 31.1. The Bertz CT molecular complexity index is 114. The second-order valence-corrected chi connectivity index (χ2v) is 1.89. The molecule has 0 aromatic heterocycles. The van der Waals surface area contributed by atoms with Gasteiger partial charge in [0.1, 0.15) is 6.61 Å². The van der Waals surface area contributed by atoms with Crippen molar-refractivity contribution >= 4 is 14.5 Å². The van der Waals surface area contributed by atoms with Gasteiger partial charge in [-0.15, -0.1) is 14.6 Å². The average molecular weight is 152 g/mol. The van der Waals surface area contributed by atoms with E-state index in [4.69, 9.17) is 10.1 Å². The second-order valence-electron chi connectivity index (χ2n) is 1.16. The van der Waals surface area contributed by atoms with Crippen molar-refractivity contribution in [3.8, 4) is 0 Å². The number of rotatable bonds is 4. The van der Waals surface area contributed by atoms with Crippen LogP contribution in [0.15, 0.2) is 5.16 Å². The van der Waals surface area contributed by atoms with Crippen LogP contribution in [-0.4, -0.2) is 22.9 Å². The highest BCUT2D eigenvalue weighted by Gasteiger charge is 2.09. The van der Waals surface area contributed by atoms with Crippen molar-refractivity contribution in [2.45, 2.75) is 6.42 Å². The van der Waals surface area contributed by atoms with Crippen molar-refractivity contribution in [1.29, 1.82) is 0 Å². The molecule has 0 bridgehead atoms. The molecule has 5 nitrogen and oxygen atoms in total. The zero-order valence-corrected chi connectivity index (χ0v) is 5.49. The lowest BCUT2D eigenvalue weighted by Gasteiger charge is -1.79. The quantitative estimate of drug-likeness (QED) is 0.202. The number of oxime groups is 1. The highest BCUT2D eigenvalue weighted by molar-refractivity contribution is 7.32. The van der Waals surface area contributed by atoms with Crippen molar-refractivity contribution in [3.63, 3.8) is 0 Å². The Labute approximate surface area is 52.9 Å². The van der Waals surface area contributed by atoms with Gasteiger partial charge in [-0.25, -0.2) is 0 Å². The van der Waals surface area contributed by atoms with Crippen molar-refractivity contribution in [1.82, 2.24) is 0 Å². The van der Waals surface area contributed by atoms with Crippen LogP contribution in [0.5, 0.6) is 0 Å². The molecule has 0 saturated carbocycles. The van der Waals surface area contributed by atoms with Crippen LogP contribution in [-0.2, 0) is 9.09 Å². The number of hydrogen-bond donors (Lipinski definition) is 2. The van der Waals surface area contributed by atoms with Gasteiger partial charge in [0.25, 0.3) is 0 Å². The largest absolute Gasteiger partial charge is 0.694 e. The summed E-state index contributed by atoms with van der Waals surface area (Å²) in [5.74, 6) is 0. The molecule has 0 radical (unpaired) electrons. The van der Waals surface area contributed by atoms with Crippen LogP contribution in [0.1, 0.15) is 6.42 Å². The molecule has 0 amide bonds. The monoisotopic (exact) mass is 152 g/mol. The van der Waals surface area contributed by atoms with Crippen LogP contribution in [0.3, 0.4) is 0 Å². The minimum absolute atomic E-state index is 0.0930. The summed E-state index contributed by atoms with van der Waals surface area (Å²) in [6, 6.07) is 0. The summed E-state index contributed by atoms with van der Waals surface area (Å²) in [5.41, 5.74) is 0.